The Morgan fingerprint density at radius 3 is 2.19 bits per heavy atom. The van der Waals surface area contributed by atoms with Crippen molar-refractivity contribution < 1.29 is 29.3 Å². The van der Waals surface area contributed by atoms with Gasteiger partial charge in [0.15, 0.2) is 0 Å². The summed E-state index contributed by atoms with van der Waals surface area (Å²) in [7, 11) is 0. The van der Waals surface area contributed by atoms with Crippen LogP contribution in [-0.2, 0) is 19.1 Å². The summed E-state index contributed by atoms with van der Waals surface area (Å²) in [6, 6.07) is 0. The second-order valence-electron chi connectivity index (χ2n) is 4.67. The molecule has 0 saturated heterocycles. The van der Waals surface area contributed by atoms with Gasteiger partial charge in [0.05, 0.1) is 5.92 Å². The number of esters is 1. The number of carbonyl (C=O) groups is 3. The van der Waals surface area contributed by atoms with Gasteiger partial charge in [-0.1, -0.05) is 19.9 Å². The predicted octanol–water partition coefficient (Wildman–Crippen LogP) is 2.06. The van der Waals surface area contributed by atoms with Crippen LogP contribution < -0.4 is 6.15 Å². The topological polar surface area (TPSA) is 136 Å². The van der Waals surface area contributed by atoms with Gasteiger partial charge in [-0.2, -0.15) is 0 Å². The molecule has 0 aliphatic heterocycles. The van der Waals surface area contributed by atoms with Crippen LogP contribution in [0.4, 0.5) is 0 Å². The van der Waals surface area contributed by atoms with Gasteiger partial charge in [0.2, 0.25) is 0 Å². The molecule has 0 rings (SSSR count). The molecule has 7 nitrogen and oxygen atoms in total. The van der Waals surface area contributed by atoms with Crippen LogP contribution in [0, 0.1) is 18.8 Å². The average molecular weight is 302 g/mol. The molecule has 121 valence electrons. The van der Waals surface area contributed by atoms with Crippen LogP contribution in [-0.4, -0.2) is 34.2 Å². The average Bonchev–Trinajstić information content (AvgIpc) is 2.35. The van der Waals surface area contributed by atoms with Crippen molar-refractivity contribution in [2.75, 3.05) is 0 Å². The van der Waals surface area contributed by atoms with Crippen LogP contribution in [0.15, 0.2) is 12.7 Å². The second kappa shape index (κ2) is 10.8. The maximum atomic E-state index is 11.3. The van der Waals surface area contributed by atoms with Crippen molar-refractivity contribution in [3.05, 3.63) is 19.6 Å². The number of hydrogen-bond donors (Lipinski definition) is 3. The monoisotopic (exact) mass is 302 g/mol. The second-order valence-corrected chi connectivity index (χ2v) is 4.67. The number of carboxylic acid groups (broad SMARTS) is 2. The third-order valence-electron chi connectivity index (χ3n) is 2.85. The van der Waals surface area contributed by atoms with Crippen LogP contribution in [0.2, 0.25) is 0 Å². The Morgan fingerprint density at radius 1 is 1.24 bits per heavy atom. The third-order valence-corrected chi connectivity index (χ3v) is 2.85. The van der Waals surface area contributed by atoms with Crippen LogP contribution in [0.1, 0.15) is 32.6 Å². The number of unbranched alkanes of at least 4 members (excludes halogenated alkanes) is 1. The van der Waals surface area contributed by atoms with Gasteiger partial charge in [-0.05, 0) is 25.7 Å². The van der Waals surface area contributed by atoms with Gasteiger partial charge in [0, 0.05) is 12.5 Å². The number of carboxylic acids is 2. The Labute approximate surface area is 124 Å². The van der Waals surface area contributed by atoms with Gasteiger partial charge in [-0.15, -0.1) is 0 Å². The van der Waals surface area contributed by atoms with E-state index in [-0.39, 0.29) is 19.0 Å². The molecule has 0 bridgehead atoms. The maximum Gasteiger partial charge on any atom is 0.330 e. The van der Waals surface area contributed by atoms with E-state index in [4.69, 9.17) is 9.84 Å². The van der Waals surface area contributed by atoms with Crippen LogP contribution in [0.3, 0.4) is 0 Å². The SMILES string of the molecule is N.[CH2]C(C)C(OC(=O)C=C)C(CCCCC(=O)O)C(=O)O. The minimum absolute atomic E-state index is 0. The maximum absolute atomic E-state index is 11.3. The van der Waals surface area contributed by atoms with E-state index in [0.717, 1.165) is 6.08 Å². The molecule has 0 spiro atoms. The first-order valence-electron chi connectivity index (χ1n) is 6.40. The lowest BCUT2D eigenvalue weighted by atomic mass is 9.88. The van der Waals surface area contributed by atoms with Crippen molar-refractivity contribution in [1.29, 1.82) is 0 Å². The summed E-state index contributed by atoms with van der Waals surface area (Å²) in [5.41, 5.74) is 0. The predicted molar refractivity (Wildman–Crippen MR) is 76.8 cm³/mol. The van der Waals surface area contributed by atoms with E-state index in [9.17, 15) is 19.5 Å². The Balaban J connectivity index is 0. The lowest BCUT2D eigenvalue weighted by molar-refractivity contribution is -0.157. The smallest absolute Gasteiger partial charge is 0.330 e. The molecule has 0 saturated carbocycles. The normalized spacial score (nSPS) is 12.9. The van der Waals surface area contributed by atoms with Gasteiger partial charge in [-0.25, -0.2) is 4.79 Å². The van der Waals surface area contributed by atoms with Crippen molar-refractivity contribution in [3.8, 4) is 0 Å². The molecule has 0 aromatic rings. The van der Waals surface area contributed by atoms with E-state index < -0.39 is 35.8 Å². The molecule has 0 amide bonds. The van der Waals surface area contributed by atoms with Crippen molar-refractivity contribution in [3.63, 3.8) is 0 Å². The summed E-state index contributed by atoms with van der Waals surface area (Å²) in [4.78, 5) is 32.9. The van der Waals surface area contributed by atoms with E-state index in [2.05, 4.69) is 13.5 Å². The molecule has 0 fully saturated rings. The highest BCUT2D eigenvalue weighted by Gasteiger charge is 2.32. The molecule has 3 atom stereocenters. The van der Waals surface area contributed by atoms with Gasteiger partial charge in [0.25, 0.3) is 0 Å². The van der Waals surface area contributed by atoms with E-state index in [1.807, 2.05) is 0 Å². The van der Waals surface area contributed by atoms with Gasteiger partial charge in [0.1, 0.15) is 6.10 Å². The molecular weight excluding hydrogens is 278 g/mol. The molecule has 7 heteroatoms. The Bertz CT molecular complexity index is 366. The number of rotatable bonds is 10. The molecule has 0 aliphatic carbocycles. The van der Waals surface area contributed by atoms with Crippen molar-refractivity contribution >= 4 is 17.9 Å². The summed E-state index contributed by atoms with van der Waals surface area (Å²) < 4.78 is 5.05. The lowest BCUT2D eigenvalue weighted by Crippen LogP contribution is -2.36. The van der Waals surface area contributed by atoms with Gasteiger partial charge in [-0.3, -0.25) is 9.59 Å². The number of carbonyl (C=O) groups excluding carboxylic acids is 1. The summed E-state index contributed by atoms with van der Waals surface area (Å²) in [6.07, 6.45) is 1.15. The molecule has 21 heavy (non-hydrogen) atoms. The number of hydrogen-bond acceptors (Lipinski definition) is 5. The Morgan fingerprint density at radius 2 is 1.81 bits per heavy atom. The lowest BCUT2D eigenvalue weighted by Gasteiger charge is -2.26. The van der Waals surface area contributed by atoms with Crippen LogP contribution in [0.5, 0.6) is 0 Å². The minimum atomic E-state index is -1.09. The molecule has 0 heterocycles. The summed E-state index contributed by atoms with van der Waals surface area (Å²) in [5, 5.41) is 17.8. The van der Waals surface area contributed by atoms with Crippen molar-refractivity contribution in [1.82, 2.24) is 6.15 Å². The fourth-order valence-electron chi connectivity index (χ4n) is 1.85. The number of ether oxygens (including phenoxy) is 1. The van der Waals surface area contributed by atoms with Crippen molar-refractivity contribution in [2.24, 2.45) is 11.8 Å². The molecule has 5 N–H and O–H groups in total. The van der Waals surface area contributed by atoms with Crippen molar-refractivity contribution in [2.45, 2.75) is 38.7 Å². The first-order chi connectivity index (χ1) is 9.29. The zero-order chi connectivity index (χ0) is 15.7. The van der Waals surface area contributed by atoms with E-state index in [0.29, 0.717) is 12.8 Å². The van der Waals surface area contributed by atoms with E-state index in [1.54, 1.807) is 6.92 Å². The molecule has 0 aromatic heterocycles. The third kappa shape index (κ3) is 8.80. The first-order valence-corrected chi connectivity index (χ1v) is 6.40. The highest BCUT2D eigenvalue weighted by molar-refractivity contribution is 5.82. The standard InChI is InChI=1S/C14H21O6.H3N/c1-4-12(17)20-13(9(2)3)10(14(18)19)7-5-6-8-11(15)16;/h4,9-10,13H,1-2,5-8H2,3H3,(H,15,16)(H,18,19);1H3. The molecule has 0 aromatic carbocycles. The fraction of sp³-hybridized carbons (Fsp3) is 0.571. The first kappa shape index (κ1) is 21.4. The number of aliphatic carboxylic acids is 2. The fourth-order valence-corrected chi connectivity index (χ4v) is 1.85. The summed E-state index contributed by atoms with van der Waals surface area (Å²) >= 11 is 0. The van der Waals surface area contributed by atoms with Crippen LogP contribution in [0.25, 0.3) is 0 Å². The van der Waals surface area contributed by atoms with Gasteiger partial charge < -0.3 is 21.1 Å². The summed E-state index contributed by atoms with van der Waals surface area (Å²) in [6.45, 7) is 8.64. The van der Waals surface area contributed by atoms with E-state index >= 15 is 0 Å². The molecular formula is C14H24NO6. The zero-order valence-corrected chi connectivity index (χ0v) is 12.3. The Kier molecular flexibility index (Phi) is 11.1. The highest BCUT2D eigenvalue weighted by atomic mass is 16.5. The quantitative estimate of drug-likeness (QED) is 0.319. The zero-order valence-electron chi connectivity index (χ0n) is 12.3. The highest BCUT2D eigenvalue weighted by Crippen LogP contribution is 2.23. The molecule has 3 unspecified atom stereocenters. The summed E-state index contributed by atoms with van der Waals surface area (Å²) in [5.74, 6) is -4.00. The molecule has 1 radical (unpaired) electrons. The van der Waals surface area contributed by atoms with Crippen LogP contribution >= 0.6 is 0 Å². The Hall–Kier alpha value is -1.89. The minimum Gasteiger partial charge on any atom is -0.481 e. The van der Waals surface area contributed by atoms with Gasteiger partial charge >= 0.3 is 17.9 Å². The molecule has 0 aliphatic rings. The largest absolute Gasteiger partial charge is 0.481 e. The van der Waals surface area contributed by atoms with E-state index in [1.165, 1.54) is 0 Å².